The molecule has 0 aliphatic carbocycles. The van der Waals surface area contributed by atoms with Gasteiger partial charge in [0, 0.05) is 6.54 Å². The van der Waals surface area contributed by atoms with Gasteiger partial charge >= 0.3 is 0 Å². The van der Waals surface area contributed by atoms with Crippen LogP contribution >= 0.6 is 24.0 Å². The maximum atomic E-state index is 13.0. The van der Waals surface area contributed by atoms with Crippen molar-refractivity contribution < 1.29 is 18.6 Å². The Kier molecular flexibility index (Phi) is 9.92. The van der Waals surface area contributed by atoms with E-state index in [0.29, 0.717) is 23.1 Å². The van der Waals surface area contributed by atoms with Gasteiger partial charge in [0.05, 0.1) is 19.2 Å². The Bertz CT molecular complexity index is 968. The topological polar surface area (TPSA) is 39.7 Å². The SMILES string of the molecule is COc1ccccc1CCNCc1cc(Cl)c(OCc2ccc(F)cc2)c(OC)c1.Cl. The van der Waals surface area contributed by atoms with Gasteiger partial charge in [0.2, 0.25) is 0 Å². The van der Waals surface area contributed by atoms with Gasteiger partial charge in [0.25, 0.3) is 0 Å². The Hall–Kier alpha value is -2.47. The van der Waals surface area contributed by atoms with E-state index in [9.17, 15) is 4.39 Å². The largest absolute Gasteiger partial charge is 0.496 e. The number of hydrogen-bond acceptors (Lipinski definition) is 4. The van der Waals surface area contributed by atoms with E-state index in [1.165, 1.54) is 12.1 Å². The van der Waals surface area contributed by atoms with Crippen molar-refractivity contribution >= 4 is 24.0 Å². The first-order valence-electron chi connectivity index (χ1n) is 9.67. The molecule has 166 valence electrons. The van der Waals surface area contributed by atoms with Crippen LogP contribution in [0.15, 0.2) is 60.7 Å². The minimum absolute atomic E-state index is 0. The third-order valence-electron chi connectivity index (χ3n) is 4.68. The van der Waals surface area contributed by atoms with Crippen LogP contribution in [0.25, 0.3) is 0 Å². The molecular weight excluding hydrogens is 440 g/mol. The first-order valence-corrected chi connectivity index (χ1v) is 10.0. The highest BCUT2D eigenvalue weighted by molar-refractivity contribution is 6.32. The Morgan fingerprint density at radius 3 is 2.32 bits per heavy atom. The Morgan fingerprint density at radius 2 is 1.61 bits per heavy atom. The number of rotatable bonds is 10. The minimum Gasteiger partial charge on any atom is -0.496 e. The number of nitrogens with one attached hydrogen (secondary N) is 1. The van der Waals surface area contributed by atoms with Crippen molar-refractivity contribution in [2.45, 2.75) is 19.6 Å². The lowest BCUT2D eigenvalue weighted by atomic mass is 10.1. The molecule has 7 heteroatoms. The van der Waals surface area contributed by atoms with Gasteiger partial charge < -0.3 is 19.5 Å². The molecule has 0 spiro atoms. The van der Waals surface area contributed by atoms with Crippen LogP contribution in [0.1, 0.15) is 16.7 Å². The van der Waals surface area contributed by atoms with E-state index >= 15 is 0 Å². The molecule has 3 aromatic carbocycles. The highest BCUT2D eigenvalue weighted by atomic mass is 35.5. The average Bonchev–Trinajstić information content (AvgIpc) is 2.77. The van der Waals surface area contributed by atoms with Gasteiger partial charge in [-0.1, -0.05) is 41.9 Å². The monoisotopic (exact) mass is 465 g/mol. The molecule has 0 atom stereocenters. The lowest BCUT2D eigenvalue weighted by Gasteiger charge is -2.15. The molecule has 0 unspecified atom stereocenters. The molecule has 0 saturated heterocycles. The van der Waals surface area contributed by atoms with Gasteiger partial charge in [0.1, 0.15) is 18.2 Å². The lowest BCUT2D eigenvalue weighted by Crippen LogP contribution is -2.17. The standard InChI is InChI=1S/C24H25ClFNO3.ClH/c1-28-22-6-4-3-5-19(22)11-12-27-15-18-13-21(25)24(23(14-18)29-2)30-16-17-7-9-20(26)10-8-17;/h3-10,13-14,27H,11-12,15-16H2,1-2H3;1H. The van der Waals surface area contributed by atoms with Crippen LogP contribution in [0.2, 0.25) is 5.02 Å². The summed E-state index contributed by atoms with van der Waals surface area (Å²) in [6.45, 7) is 1.71. The molecule has 0 fully saturated rings. The van der Waals surface area contributed by atoms with E-state index in [1.807, 2.05) is 30.3 Å². The number of ether oxygens (including phenoxy) is 3. The zero-order valence-electron chi connectivity index (χ0n) is 17.5. The Labute approximate surface area is 193 Å². The summed E-state index contributed by atoms with van der Waals surface area (Å²) in [5.74, 6) is 1.65. The van der Waals surface area contributed by atoms with E-state index in [2.05, 4.69) is 11.4 Å². The van der Waals surface area contributed by atoms with Crippen LogP contribution in [0.3, 0.4) is 0 Å². The molecule has 3 aromatic rings. The normalized spacial score (nSPS) is 10.3. The van der Waals surface area contributed by atoms with Crippen molar-refractivity contribution in [1.29, 1.82) is 0 Å². The quantitative estimate of drug-likeness (QED) is 0.382. The summed E-state index contributed by atoms with van der Waals surface area (Å²) >= 11 is 6.44. The molecule has 0 amide bonds. The fraction of sp³-hybridized carbons (Fsp3) is 0.250. The summed E-state index contributed by atoms with van der Waals surface area (Å²) in [5.41, 5.74) is 3.00. The molecule has 0 aliphatic rings. The summed E-state index contributed by atoms with van der Waals surface area (Å²) in [4.78, 5) is 0. The highest BCUT2D eigenvalue weighted by Gasteiger charge is 2.12. The maximum Gasteiger partial charge on any atom is 0.180 e. The number of para-hydroxylation sites is 1. The predicted molar refractivity (Wildman–Crippen MR) is 124 cm³/mol. The van der Waals surface area contributed by atoms with Gasteiger partial charge in [-0.3, -0.25) is 0 Å². The van der Waals surface area contributed by atoms with Gasteiger partial charge in [-0.25, -0.2) is 4.39 Å². The molecule has 1 N–H and O–H groups in total. The van der Waals surface area contributed by atoms with Crippen LogP contribution < -0.4 is 19.5 Å². The van der Waals surface area contributed by atoms with Crippen molar-refractivity contribution in [2.24, 2.45) is 0 Å². The highest BCUT2D eigenvalue weighted by Crippen LogP contribution is 2.37. The second-order valence-electron chi connectivity index (χ2n) is 6.76. The lowest BCUT2D eigenvalue weighted by molar-refractivity contribution is 0.284. The Balaban J connectivity index is 0.00000341. The molecular formula is C24H26Cl2FNO3. The van der Waals surface area contributed by atoms with Gasteiger partial charge in [-0.2, -0.15) is 0 Å². The molecule has 3 rings (SSSR count). The van der Waals surface area contributed by atoms with E-state index in [-0.39, 0.29) is 24.8 Å². The average molecular weight is 466 g/mol. The van der Waals surface area contributed by atoms with Crippen LogP contribution in [0.4, 0.5) is 4.39 Å². The summed E-state index contributed by atoms with van der Waals surface area (Å²) in [6.07, 6.45) is 0.855. The van der Waals surface area contributed by atoms with Crippen molar-refractivity contribution in [3.63, 3.8) is 0 Å². The van der Waals surface area contributed by atoms with Crippen LogP contribution in [0.5, 0.6) is 17.2 Å². The van der Waals surface area contributed by atoms with Crippen molar-refractivity contribution in [2.75, 3.05) is 20.8 Å². The summed E-state index contributed by atoms with van der Waals surface area (Å²) in [6, 6.07) is 17.9. The van der Waals surface area contributed by atoms with E-state index in [0.717, 1.165) is 35.4 Å². The third-order valence-corrected chi connectivity index (χ3v) is 4.96. The molecule has 4 nitrogen and oxygen atoms in total. The summed E-state index contributed by atoms with van der Waals surface area (Å²) in [5, 5.41) is 3.89. The van der Waals surface area contributed by atoms with Gasteiger partial charge in [0.15, 0.2) is 11.5 Å². The minimum atomic E-state index is -0.281. The summed E-state index contributed by atoms with van der Waals surface area (Å²) in [7, 11) is 3.26. The number of methoxy groups -OCH3 is 2. The fourth-order valence-corrected chi connectivity index (χ4v) is 3.40. The second-order valence-corrected chi connectivity index (χ2v) is 7.17. The first kappa shape index (κ1) is 24.8. The van der Waals surface area contributed by atoms with Crippen LogP contribution in [-0.2, 0) is 19.6 Å². The number of benzene rings is 3. The molecule has 0 saturated carbocycles. The molecule has 31 heavy (non-hydrogen) atoms. The number of hydrogen-bond donors (Lipinski definition) is 1. The smallest absolute Gasteiger partial charge is 0.180 e. The fourth-order valence-electron chi connectivity index (χ4n) is 3.12. The zero-order chi connectivity index (χ0) is 21.3. The third kappa shape index (κ3) is 7.03. The van der Waals surface area contributed by atoms with Crippen molar-refractivity contribution in [3.8, 4) is 17.2 Å². The van der Waals surface area contributed by atoms with Crippen molar-refractivity contribution in [3.05, 3.63) is 88.2 Å². The Morgan fingerprint density at radius 1 is 0.903 bits per heavy atom. The molecule has 0 aromatic heterocycles. The molecule has 0 heterocycles. The first-order chi connectivity index (χ1) is 14.6. The van der Waals surface area contributed by atoms with E-state index in [1.54, 1.807) is 26.4 Å². The van der Waals surface area contributed by atoms with Crippen LogP contribution in [-0.4, -0.2) is 20.8 Å². The predicted octanol–water partition coefficient (Wildman–Crippen LogP) is 5.83. The van der Waals surface area contributed by atoms with E-state index in [4.69, 9.17) is 25.8 Å². The van der Waals surface area contributed by atoms with Crippen LogP contribution in [0, 0.1) is 5.82 Å². The number of halogens is 3. The molecule has 0 bridgehead atoms. The maximum absolute atomic E-state index is 13.0. The van der Waals surface area contributed by atoms with Crippen molar-refractivity contribution in [1.82, 2.24) is 5.32 Å². The summed E-state index contributed by atoms with van der Waals surface area (Å²) < 4.78 is 29.7. The molecule has 0 aliphatic heterocycles. The van der Waals surface area contributed by atoms with Gasteiger partial charge in [-0.15, -0.1) is 12.4 Å². The molecule has 0 radical (unpaired) electrons. The van der Waals surface area contributed by atoms with E-state index < -0.39 is 0 Å². The van der Waals surface area contributed by atoms with Gasteiger partial charge in [-0.05, 0) is 60.0 Å². The zero-order valence-corrected chi connectivity index (χ0v) is 19.1. The second kappa shape index (κ2) is 12.4.